The van der Waals surface area contributed by atoms with E-state index in [9.17, 15) is 0 Å². The second-order valence-corrected chi connectivity index (χ2v) is 4.88. The van der Waals surface area contributed by atoms with Crippen LogP contribution in [-0.4, -0.2) is 0 Å². The van der Waals surface area contributed by atoms with Gasteiger partial charge in [0.15, 0.2) is 0 Å². The third kappa shape index (κ3) is 1.65. The highest BCUT2D eigenvalue weighted by Gasteiger charge is 2.41. The fourth-order valence-electron chi connectivity index (χ4n) is 3.98. The quantitative estimate of drug-likeness (QED) is 0.676. The van der Waals surface area contributed by atoms with Gasteiger partial charge in [0.25, 0.3) is 0 Å². The molecule has 0 aliphatic heterocycles. The molecule has 4 fully saturated rings. The molecule has 4 aliphatic carbocycles. The van der Waals surface area contributed by atoms with E-state index in [1.807, 2.05) is 0 Å². The van der Waals surface area contributed by atoms with Gasteiger partial charge < -0.3 is 6.15 Å². The Bertz CT molecular complexity index is 101. The van der Waals surface area contributed by atoms with Crippen LogP contribution in [0, 0.1) is 23.7 Å². The van der Waals surface area contributed by atoms with Crippen LogP contribution in [-0.2, 0) is 0 Å². The van der Waals surface area contributed by atoms with Gasteiger partial charge in [-0.2, -0.15) is 0 Å². The zero-order valence-corrected chi connectivity index (χ0v) is 10.00. The number of hydrogen-bond acceptors (Lipinski definition) is 1. The Labute approximate surface area is 92.3 Å². The Balaban J connectivity index is 0.000000360. The molecule has 0 saturated heterocycles. The predicted molar refractivity (Wildman–Crippen MR) is 62.1 cm³/mol. The summed E-state index contributed by atoms with van der Waals surface area (Å²) in [4.78, 5) is 0. The van der Waals surface area contributed by atoms with Crippen LogP contribution >= 0.6 is 24.0 Å². The van der Waals surface area contributed by atoms with E-state index in [0.29, 0.717) is 0 Å². The summed E-state index contributed by atoms with van der Waals surface area (Å²) in [5.74, 6) is 4.71. The molecule has 0 unspecified atom stereocenters. The van der Waals surface area contributed by atoms with Gasteiger partial charge in [-0.25, -0.2) is 0 Å². The van der Waals surface area contributed by atoms with Gasteiger partial charge in [0.05, 0.1) is 0 Å². The summed E-state index contributed by atoms with van der Waals surface area (Å²) in [6.45, 7) is 0. The Morgan fingerprint density at radius 2 is 0.667 bits per heavy atom. The van der Waals surface area contributed by atoms with Crippen LogP contribution in [0.1, 0.15) is 38.5 Å². The summed E-state index contributed by atoms with van der Waals surface area (Å²) in [6.07, 6.45) is 9.62. The molecule has 0 aromatic carbocycles. The molecule has 1 nitrogen and oxygen atoms in total. The van der Waals surface area contributed by atoms with E-state index >= 15 is 0 Å². The number of rotatable bonds is 0. The lowest BCUT2D eigenvalue weighted by molar-refractivity contribution is 0.0198. The van der Waals surface area contributed by atoms with E-state index in [1.165, 1.54) is 23.7 Å². The molecular weight excluding hydrogens is 261 g/mol. The van der Waals surface area contributed by atoms with E-state index < -0.39 is 0 Å². The number of halogens is 1. The highest BCUT2D eigenvalue weighted by Crippen LogP contribution is 2.53. The summed E-state index contributed by atoms with van der Waals surface area (Å²) < 4.78 is 0. The van der Waals surface area contributed by atoms with Crippen molar-refractivity contribution in [2.75, 3.05) is 0 Å². The average molecular weight is 281 g/mol. The molecule has 0 aromatic rings. The first kappa shape index (κ1) is 10.8. The highest BCUT2D eigenvalue weighted by atomic mass is 127. The third-order valence-electron chi connectivity index (χ3n) is 4.00. The molecule has 4 bridgehead atoms. The molecule has 0 spiro atoms. The zero-order valence-electron chi connectivity index (χ0n) is 7.67. The fourth-order valence-corrected chi connectivity index (χ4v) is 3.98. The van der Waals surface area contributed by atoms with Crippen LogP contribution in [0.5, 0.6) is 0 Å². The minimum atomic E-state index is 0. The summed E-state index contributed by atoms with van der Waals surface area (Å²) in [7, 11) is 0. The largest absolute Gasteiger partial charge is 0.344 e. The first-order valence-corrected chi connectivity index (χ1v) is 4.90. The van der Waals surface area contributed by atoms with Crippen molar-refractivity contribution in [3.8, 4) is 0 Å². The van der Waals surface area contributed by atoms with Crippen molar-refractivity contribution in [1.82, 2.24) is 6.15 Å². The Morgan fingerprint density at radius 1 is 0.500 bits per heavy atom. The molecule has 0 amide bonds. The molecule has 0 atom stereocenters. The van der Waals surface area contributed by atoms with E-state index in [2.05, 4.69) is 0 Å². The van der Waals surface area contributed by atoms with Crippen molar-refractivity contribution in [1.29, 1.82) is 0 Å². The van der Waals surface area contributed by atoms with Gasteiger partial charge in [0.1, 0.15) is 0 Å². The van der Waals surface area contributed by atoms with E-state index in [-0.39, 0.29) is 30.1 Å². The predicted octanol–water partition coefficient (Wildman–Crippen LogP) is 3.61. The summed E-state index contributed by atoms with van der Waals surface area (Å²) in [5, 5.41) is 0. The molecule has 4 saturated carbocycles. The summed E-state index contributed by atoms with van der Waals surface area (Å²) in [5.41, 5.74) is 0. The van der Waals surface area contributed by atoms with E-state index in [0.717, 1.165) is 0 Å². The Hall–Kier alpha value is 0.690. The molecule has 4 rings (SSSR count). The maximum absolute atomic E-state index is 1.60. The van der Waals surface area contributed by atoms with Crippen LogP contribution in [0.25, 0.3) is 0 Å². The zero-order chi connectivity index (χ0) is 6.55. The fraction of sp³-hybridized carbons (Fsp3) is 1.00. The summed E-state index contributed by atoms with van der Waals surface area (Å²) in [6, 6.07) is 0. The molecule has 72 valence electrons. The van der Waals surface area contributed by atoms with E-state index in [4.69, 9.17) is 0 Å². The molecule has 0 radical (unpaired) electrons. The minimum absolute atomic E-state index is 0. The summed E-state index contributed by atoms with van der Waals surface area (Å²) >= 11 is 0. The van der Waals surface area contributed by atoms with Gasteiger partial charge in [0.2, 0.25) is 0 Å². The SMILES string of the molecule is C1C2CC3CC1CC(C2)C3.I.N. The Morgan fingerprint density at radius 3 is 0.833 bits per heavy atom. The van der Waals surface area contributed by atoms with Crippen molar-refractivity contribution in [3.63, 3.8) is 0 Å². The molecule has 0 heterocycles. The van der Waals surface area contributed by atoms with Gasteiger partial charge in [-0.1, -0.05) is 0 Å². The van der Waals surface area contributed by atoms with Gasteiger partial charge in [0, 0.05) is 0 Å². The van der Waals surface area contributed by atoms with Gasteiger partial charge in [-0.15, -0.1) is 24.0 Å². The second-order valence-electron chi connectivity index (χ2n) is 4.88. The van der Waals surface area contributed by atoms with Gasteiger partial charge >= 0.3 is 0 Å². The smallest absolute Gasteiger partial charge is 0.0406 e. The van der Waals surface area contributed by atoms with Crippen molar-refractivity contribution in [3.05, 3.63) is 0 Å². The Kier molecular flexibility index (Phi) is 3.43. The second kappa shape index (κ2) is 3.82. The van der Waals surface area contributed by atoms with Gasteiger partial charge in [-0.3, -0.25) is 0 Å². The lowest BCUT2D eigenvalue weighted by Crippen LogP contribution is -2.38. The third-order valence-corrected chi connectivity index (χ3v) is 4.00. The monoisotopic (exact) mass is 281 g/mol. The van der Waals surface area contributed by atoms with Crippen LogP contribution in [0.4, 0.5) is 0 Å². The lowest BCUT2D eigenvalue weighted by Gasteiger charge is -2.49. The van der Waals surface area contributed by atoms with Crippen molar-refractivity contribution >= 4 is 24.0 Å². The first-order chi connectivity index (χ1) is 4.90. The molecule has 3 N–H and O–H groups in total. The first-order valence-electron chi connectivity index (χ1n) is 4.90. The van der Waals surface area contributed by atoms with Crippen molar-refractivity contribution in [2.24, 2.45) is 23.7 Å². The highest BCUT2D eigenvalue weighted by molar-refractivity contribution is 14.0. The van der Waals surface area contributed by atoms with Crippen LogP contribution in [0.2, 0.25) is 0 Å². The lowest BCUT2D eigenvalue weighted by atomic mass is 9.56. The van der Waals surface area contributed by atoms with Crippen molar-refractivity contribution in [2.45, 2.75) is 38.5 Å². The van der Waals surface area contributed by atoms with Crippen LogP contribution < -0.4 is 6.15 Å². The number of hydrogen-bond donors (Lipinski definition) is 1. The van der Waals surface area contributed by atoms with Crippen molar-refractivity contribution < 1.29 is 0 Å². The normalized spacial score (nSPS) is 48.0. The molecule has 0 aromatic heterocycles. The van der Waals surface area contributed by atoms with E-state index in [1.54, 1.807) is 38.5 Å². The maximum Gasteiger partial charge on any atom is -0.0406 e. The van der Waals surface area contributed by atoms with Crippen LogP contribution in [0.3, 0.4) is 0 Å². The molecule has 2 heteroatoms. The maximum atomic E-state index is 1.60. The minimum Gasteiger partial charge on any atom is -0.344 e. The average Bonchev–Trinajstić information content (AvgIpc) is 1.82. The molecule has 12 heavy (non-hydrogen) atoms. The standard InChI is InChI=1S/C10H16.HI.H3N/c1-7-2-9-4-8(1)5-10(3-7)6-9;;/h7-10H,1-6H2;1H;1H3. The topological polar surface area (TPSA) is 35.0 Å². The molecule has 4 aliphatic rings. The van der Waals surface area contributed by atoms with Crippen LogP contribution in [0.15, 0.2) is 0 Å². The molecular formula is C10H20IN. The van der Waals surface area contributed by atoms with Gasteiger partial charge in [-0.05, 0) is 62.2 Å².